The van der Waals surface area contributed by atoms with Crippen molar-refractivity contribution in [2.24, 2.45) is 0 Å². The molecule has 1 amide bonds. The fraction of sp³-hybridized carbons (Fsp3) is 0.500. The van der Waals surface area contributed by atoms with Gasteiger partial charge in [0.05, 0.1) is 6.42 Å². The molecule has 1 fully saturated rings. The number of rotatable bonds is 5. The minimum atomic E-state index is -0.863. The second-order valence-corrected chi connectivity index (χ2v) is 5.46. The molecule has 0 aliphatic carbocycles. The molecule has 0 bridgehead atoms. The van der Waals surface area contributed by atoms with E-state index in [0.717, 1.165) is 24.8 Å². The molecule has 4 nitrogen and oxygen atoms in total. The predicted molar refractivity (Wildman–Crippen MR) is 76.3 cm³/mol. The quantitative estimate of drug-likeness (QED) is 0.908. The lowest BCUT2D eigenvalue weighted by atomic mass is 9.98. The van der Waals surface area contributed by atoms with Crippen molar-refractivity contribution in [1.82, 2.24) is 4.90 Å². The van der Waals surface area contributed by atoms with Gasteiger partial charge in [0, 0.05) is 19.0 Å². The second kappa shape index (κ2) is 7.20. The summed E-state index contributed by atoms with van der Waals surface area (Å²) in [6, 6.07) is 5.93. The lowest BCUT2D eigenvalue weighted by molar-refractivity contribution is -0.141. The Hall–Kier alpha value is -1.91. The molecule has 5 heteroatoms. The highest BCUT2D eigenvalue weighted by Crippen LogP contribution is 2.21. The lowest BCUT2D eigenvalue weighted by Gasteiger charge is -2.35. The van der Waals surface area contributed by atoms with E-state index in [0.29, 0.717) is 19.4 Å². The van der Waals surface area contributed by atoms with Crippen molar-refractivity contribution in [1.29, 1.82) is 0 Å². The summed E-state index contributed by atoms with van der Waals surface area (Å²) in [5, 5.41) is 8.93. The van der Waals surface area contributed by atoms with E-state index >= 15 is 0 Å². The summed E-state index contributed by atoms with van der Waals surface area (Å²) in [4.78, 5) is 24.9. The van der Waals surface area contributed by atoms with Gasteiger partial charge in [-0.2, -0.15) is 0 Å². The van der Waals surface area contributed by atoms with Gasteiger partial charge in [-0.15, -0.1) is 0 Å². The van der Waals surface area contributed by atoms with E-state index in [2.05, 4.69) is 0 Å². The highest BCUT2D eigenvalue weighted by molar-refractivity contribution is 5.78. The molecule has 1 aliphatic heterocycles. The first-order chi connectivity index (χ1) is 10.1. The van der Waals surface area contributed by atoms with E-state index in [1.165, 1.54) is 12.1 Å². The number of aryl methyl sites for hydroxylation is 1. The largest absolute Gasteiger partial charge is 0.481 e. The van der Waals surface area contributed by atoms with Crippen molar-refractivity contribution >= 4 is 11.9 Å². The molecule has 0 aromatic heterocycles. The molecule has 0 spiro atoms. The minimum absolute atomic E-state index is 0.00900. The average Bonchev–Trinajstić information content (AvgIpc) is 2.46. The number of carboxylic acids is 1. The number of benzene rings is 1. The Morgan fingerprint density at radius 2 is 1.95 bits per heavy atom. The summed E-state index contributed by atoms with van der Waals surface area (Å²) in [6.07, 6.45) is 3.56. The van der Waals surface area contributed by atoms with Crippen LogP contribution in [0.15, 0.2) is 24.3 Å². The van der Waals surface area contributed by atoms with Crippen LogP contribution >= 0.6 is 0 Å². The molecule has 21 heavy (non-hydrogen) atoms. The average molecular weight is 293 g/mol. The van der Waals surface area contributed by atoms with Crippen molar-refractivity contribution in [3.05, 3.63) is 35.6 Å². The molecule has 114 valence electrons. The molecule has 1 unspecified atom stereocenters. The number of carboxylic acid groups (broad SMARTS) is 1. The Kier molecular flexibility index (Phi) is 5.31. The third kappa shape index (κ3) is 4.55. The van der Waals surface area contributed by atoms with Gasteiger partial charge in [0.15, 0.2) is 0 Å². The smallest absolute Gasteiger partial charge is 0.305 e. The van der Waals surface area contributed by atoms with Gasteiger partial charge in [-0.25, -0.2) is 4.39 Å². The fourth-order valence-electron chi connectivity index (χ4n) is 2.79. The number of amides is 1. The molecule has 1 N–H and O–H groups in total. The SMILES string of the molecule is O=C(O)CC1CCCCN1C(=O)CCc1ccc(F)cc1. The molecular weight excluding hydrogens is 273 g/mol. The summed E-state index contributed by atoms with van der Waals surface area (Å²) >= 11 is 0. The Morgan fingerprint density at radius 3 is 2.62 bits per heavy atom. The number of piperidine rings is 1. The molecule has 0 radical (unpaired) electrons. The fourth-order valence-corrected chi connectivity index (χ4v) is 2.79. The van der Waals surface area contributed by atoms with Crippen LogP contribution in [0.2, 0.25) is 0 Å². The third-order valence-corrected chi connectivity index (χ3v) is 3.90. The van der Waals surface area contributed by atoms with E-state index in [1.807, 2.05) is 0 Å². The maximum atomic E-state index is 12.8. The Bertz CT molecular complexity index is 501. The molecule has 1 aromatic rings. The maximum Gasteiger partial charge on any atom is 0.305 e. The van der Waals surface area contributed by atoms with Gasteiger partial charge >= 0.3 is 5.97 Å². The first-order valence-corrected chi connectivity index (χ1v) is 7.32. The van der Waals surface area contributed by atoms with E-state index in [4.69, 9.17) is 5.11 Å². The maximum absolute atomic E-state index is 12.8. The highest BCUT2D eigenvalue weighted by Gasteiger charge is 2.27. The van der Waals surface area contributed by atoms with E-state index in [9.17, 15) is 14.0 Å². The van der Waals surface area contributed by atoms with Gasteiger partial charge in [0.25, 0.3) is 0 Å². The minimum Gasteiger partial charge on any atom is -0.481 e. The van der Waals surface area contributed by atoms with E-state index in [1.54, 1.807) is 17.0 Å². The first-order valence-electron chi connectivity index (χ1n) is 7.32. The van der Waals surface area contributed by atoms with Crippen LogP contribution in [0.1, 0.15) is 37.7 Å². The number of hydrogen-bond acceptors (Lipinski definition) is 2. The van der Waals surface area contributed by atoms with Crippen LogP contribution in [-0.2, 0) is 16.0 Å². The van der Waals surface area contributed by atoms with Crippen molar-refractivity contribution in [3.63, 3.8) is 0 Å². The van der Waals surface area contributed by atoms with Crippen molar-refractivity contribution in [2.45, 2.75) is 44.6 Å². The number of likely N-dealkylation sites (tertiary alicyclic amines) is 1. The van der Waals surface area contributed by atoms with Crippen LogP contribution in [0.3, 0.4) is 0 Å². The van der Waals surface area contributed by atoms with Crippen LogP contribution in [-0.4, -0.2) is 34.5 Å². The van der Waals surface area contributed by atoms with Gasteiger partial charge in [-0.1, -0.05) is 12.1 Å². The predicted octanol–water partition coefficient (Wildman–Crippen LogP) is 2.61. The zero-order chi connectivity index (χ0) is 15.2. The number of carbonyl (C=O) groups excluding carboxylic acids is 1. The third-order valence-electron chi connectivity index (χ3n) is 3.90. The molecule has 1 saturated heterocycles. The van der Waals surface area contributed by atoms with E-state index in [-0.39, 0.29) is 24.2 Å². The molecule has 0 saturated carbocycles. The van der Waals surface area contributed by atoms with Gasteiger partial charge in [-0.05, 0) is 43.4 Å². The monoisotopic (exact) mass is 293 g/mol. The molecule has 1 atom stereocenters. The molecular formula is C16H20FNO3. The Balaban J connectivity index is 1.91. The topological polar surface area (TPSA) is 57.6 Å². The van der Waals surface area contributed by atoms with E-state index < -0.39 is 5.97 Å². The highest BCUT2D eigenvalue weighted by atomic mass is 19.1. The van der Waals surface area contributed by atoms with Crippen LogP contribution in [0.25, 0.3) is 0 Å². The number of nitrogens with zero attached hydrogens (tertiary/aromatic N) is 1. The number of aliphatic carboxylic acids is 1. The van der Waals surface area contributed by atoms with Gasteiger partial charge in [-0.3, -0.25) is 9.59 Å². The Labute approximate surface area is 123 Å². The summed E-state index contributed by atoms with van der Waals surface area (Å²) < 4.78 is 12.8. The molecule has 1 aromatic carbocycles. The van der Waals surface area contributed by atoms with Crippen molar-refractivity contribution in [2.75, 3.05) is 6.54 Å². The second-order valence-electron chi connectivity index (χ2n) is 5.46. The normalized spacial score (nSPS) is 18.5. The molecule has 1 heterocycles. The zero-order valence-corrected chi connectivity index (χ0v) is 11.9. The summed E-state index contributed by atoms with van der Waals surface area (Å²) in [5.41, 5.74) is 0.913. The molecule has 2 rings (SSSR count). The van der Waals surface area contributed by atoms with Gasteiger partial charge in [0.2, 0.25) is 5.91 Å². The van der Waals surface area contributed by atoms with Crippen LogP contribution in [0.5, 0.6) is 0 Å². The number of halogens is 1. The standard InChI is InChI=1S/C16H20FNO3/c17-13-7-4-12(5-8-13)6-9-15(19)18-10-2-1-3-14(18)11-16(20)21/h4-5,7-8,14H,1-3,6,9-11H2,(H,20,21). The summed E-state index contributed by atoms with van der Waals surface area (Å²) in [7, 11) is 0. The van der Waals surface area contributed by atoms with Crippen LogP contribution < -0.4 is 0 Å². The van der Waals surface area contributed by atoms with Gasteiger partial charge in [0.1, 0.15) is 5.82 Å². The van der Waals surface area contributed by atoms with Crippen LogP contribution in [0, 0.1) is 5.82 Å². The summed E-state index contributed by atoms with van der Waals surface area (Å²) in [5.74, 6) is -1.16. The van der Waals surface area contributed by atoms with Crippen LogP contribution in [0.4, 0.5) is 4.39 Å². The zero-order valence-electron chi connectivity index (χ0n) is 11.9. The summed E-state index contributed by atoms with van der Waals surface area (Å²) in [6.45, 7) is 0.639. The number of hydrogen-bond donors (Lipinski definition) is 1. The number of carbonyl (C=O) groups is 2. The van der Waals surface area contributed by atoms with Gasteiger partial charge < -0.3 is 10.0 Å². The first kappa shape index (κ1) is 15.5. The Morgan fingerprint density at radius 1 is 1.24 bits per heavy atom. The lowest BCUT2D eigenvalue weighted by Crippen LogP contribution is -2.44. The van der Waals surface area contributed by atoms with Crippen molar-refractivity contribution < 1.29 is 19.1 Å². The molecule has 1 aliphatic rings. The van der Waals surface area contributed by atoms with Crippen molar-refractivity contribution in [3.8, 4) is 0 Å².